The summed E-state index contributed by atoms with van der Waals surface area (Å²) in [5, 5.41) is 14.3. The van der Waals surface area contributed by atoms with E-state index in [0.717, 1.165) is 26.1 Å². The third-order valence-electron chi connectivity index (χ3n) is 3.05. The maximum atomic E-state index is 10.9. The molecule has 2 rings (SSSR count). The van der Waals surface area contributed by atoms with Crippen LogP contribution in [-0.4, -0.2) is 24.7 Å². The number of hydrogen-bond donors (Lipinski definition) is 1. The molecule has 0 spiro atoms. The predicted molar refractivity (Wildman–Crippen MR) is 70.1 cm³/mol. The van der Waals surface area contributed by atoms with Crippen molar-refractivity contribution in [2.45, 2.75) is 12.8 Å². The Hall–Kier alpha value is -1.33. The Bertz CT molecular complexity index is 433. The van der Waals surface area contributed by atoms with E-state index in [2.05, 4.69) is 5.32 Å². The second kappa shape index (κ2) is 6.02. The van der Waals surface area contributed by atoms with Crippen molar-refractivity contribution in [3.8, 4) is 0 Å². The van der Waals surface area contributed by atoms with E-state index in [9.17, 15) is 10.1 Å². The highest BCUT2D eigenvalue weighted by Crippen LogP contribution is 2.28. The Morgan fingerprint density at radius 1 is 1.56 bits per heavy atom. The number of nitro groups is 1. The molecule has 98 valence electrons. The molecular formula is C12H15ClN2O3. The fraction of sp³-hybridized carbons (Fsp3) is 0.500. The molecule has 6 heteroatoms. The normalized spacial score (nSPS) is 18.8. The van der Waals surface area contributed by atoms with E-state index in [4.69, 9.17) is 16.3 Å². The zero-order valence-electron chi connectivity index (χ0n) is 9.89. The summed E-state index contributed by atoms with van der Waals surface area (Å²) in [5.74, 6) is 0.559. The van der Waals surface area contributed by atoms with Crippen LogP contribution in [-0.2, 0) is 4.74 Å². The van der Waals surface area contributed by atoms with E-state index in [1.807, 2.05) is 0 Å². The van der Waals surface area contributed by atoms with Gasteiger partial charge in [-0.25, -0.2) is 0 Å². The molecule has 1 fully saturated rings. The molecule has 0 amide bonds. The molecule has 1 aliphatic heterocycles. The number of rotatable bonds is 5. The van der Waals surface area contributed by atoms with Gasteiger partial charge in [-0.15, -0.1) is 0 Å². The van der Waals surface area contributed by atoms with E-state index in [0.29, 0.717) is 23.2 Å². The number of nitro benzene ring substituents is 1. The van der Waals surface area contributed by atoms with Crippen LogP contribution in [0.2, 0.25) is 5.02 Å². The van der Waals surface area contributed by atoms with Crippen LogP contribution >= 0.6 is 11.6 Å². The molecule has 0 aliphatic carbocycles. The van der Waals surface area contributed by atoms with Crippen LogP contribution in [0, 0.1) is 16.0 Å². The quantitative estimate of drug-likeness (QED) is 0.660. The van der Waals surface area contributed by atoms with E-state index in [1.165, 1.54) is 6.07 Å². The zero-order chi connectivity index (χ0) is 13.0. The standard InChI is InChI=1S/C12H15ClN2O3/c13-10-1-2-11(12(7-10)15(16)17)14-5-3-9-4-6-18-8-9/h1-2,7,9,14H,3-6,8H2. The Labute approximate surface area is 110 Å². The molecular weight excluding hydrogens is 256 g/mol. The van der Waals surface area contributed by atoms with Gasteiger partial charge < -0.3 is 10.1 Å². The molecule has 5 nitrogen and oxygen atoms in total. The Balaban J connectivity index is 1.93. The Morgan fingerprint density at radius 3 is 3.06 bits per heavy atom. The molecule has 1 unspecified atom stereocenters. The number of benzene rings is 1. The number of ether oxygens (including phenoxy) is 1. The van der Waals surface area contributed by atoms with E-state index in [-0.39, 0.29) is 5.69 Å². The van der Waals surface area contributed by atoms with Crippen molar-refractivity contribution >= 4 is 23.0 Å². The van der Waals surface area contributed by atoms with Crippen LogP contribution < -0.4 is 5.32 Å². The lowest BCUT2D eigenvalue weighted by Gasteiger charge is -2.10. The van der Waals surface area contributed by atoms with Crippen LogP contribution in [0.3, 0.4) is 0 Å². The molecule has 1 N–H and O–H groups in total. The minimum Gasteiger partial charge on any atom is -0.381 e. The summed E-state index contributed by atoms with van der Waals surface area (Å²) in [6.07, 6.45) is 2.03. The van der Waals surface area contributed by atoms with Crippen molar-refractivity contribution in [3.05, 3.63) is 33.3 Å². The van der Waals surface area contributed by atoms with Crippen molar-refractivity contribution in [1.29, 1.82) is 0 Å². The lowest BCUT2D eigenvalue weighted by molar-refractivity contribution is -0.383. The fourth-order valence-electron chi connectivity index (χ4n) is 2.03. The number of anilines is 1. The van der Waals surface area contributed by atoms with Gasteiger partial charge in [0.2, 0.25) is 0 Å². The van der Waals surface area contributed by atoms with E-state index < -0.39 is 4.92 Å². The van der Waals surface area contributed by atoms with Crippen molar-refractivity contribution in [1.82, 2.24) is 0 Å². The molecule has 0 bridgehead atoms. The Morgan fingerprint density at radius 2 is 2.39 bits per heavy atom. The third-order valence-corrected chi connectivity index (χ3v) is 3.28. The summed E-state index contributed by atoms with van der Waals surface area (Å²) in [6.45, 7) is 2.33. The molecule has 1 heterocycles. The second-order valence-electron chi connectivity index (χ2n) is 4.36. The summed E-state index contributed by atoms with van der Waals surface area (Å²) in [5.41, 5.74) is 0.536. The molecule has 0 radical (unpaired) electrons. The predicted octanol–water partition coefficient (Wildman–Crippen LogP) is 3.09. The molecule has 0 aromatic heterocycles. The topological polar surface area (TPSA) is 64.4 Å². The van der Waals surface area contributed by atoms with Gasteiger partial charge in [-0.2, -0.15) is 0 Å². The number of nitrogens with zero attached hydrogens (tertiary/aromatic N) is 1. The van der Waals surface area contributed by atoms with Gasteiger partial charge >= 0.3 is 0 Å². The first kappa shape index (κ1) is 13.1. The van der Waals surface area contributed by atoms with Crippen molar-refractivity contribution in [3.63, 3.8) is 0 Å². The fourth-order valence-corrected chi connectivity index (χ4v) is 2.19. The van der Waals surface area contributed by atoms with Gasteiger partial charge in [-0.1, -0.05) is 11.6 Å². The SMILES string of the molecule is O=[N+]([O-])c1cc(Cl)ccc1NCCC1CCOC1. The largest absolute Gasteiger partial charge is 0.381 e. The van der Waals surface area contributed by atoms with Gasteiger partial charge in [0, 0.05) is 30.8 Å². The van der Waals surface area contributed by atoms with Crippen molar-refractivity contribution in [2.75, 3.05) is 25.1 Å². The molecule has 1 aromatic rings. The maximum absolute atomic E-state index is 10.9. The van der Waals surface area contributed by atoms with Gasteiger partial charge in [-0.05, 0) is 30.9 Å². The average Bonchev–Trinajstić information content (AvgIpc) is 2.84. The lowest BCUT2D eigenvalue weighted by Crippen LogP contribution is -2.10. The second-order valence-corrected chi connectivity index (χ2v) is 4.80. The van der Waals surface area contributed by atoms with Gasteiger partial charge in [0.1, 0.15) is 5.69 Å². The summed E-state index contributed by atoms with van der Waals surface area (Å²) in [4.78, 5) is 10.5. The smallest absolute Gasteiger partial charge is 0.293 e. The summed E-state index contributed by atoms with van der Waals surface area (Å²) < 4.78 is 5.28. The molecule has 1 saturated heterocycles. The summed E-state index contributed by atoms with van der Waals surface area (Å²) in [6, 6.07) is 4.66. The first-order chi connectivity index (χ1) is 8.66. The minimum atomic E-state index is -0.424. The molecule has 0 saturated carbocycles. The highest BCUT2D eigenvalue weighted by atomic mass is 35.5. The zero-order valence-corrected chi connectivity index (χ0v) is 10.7. The molecule has 1 aromatic carbocycles. The highest BCUT2D eigenvalue weighted by Gasteiger charge is 2.17. The summed E-state index contributed by atoms with van der Waals surface area (Å²) >= 11 is 5.75. The number of halogens is 1. The first-order valence-corrected chi connectivity index (χ1v) is 6.30. The van der Waals surface area contributed by atoms with Gasteiger partial charge in [0.05, 0.1) is 4.92 Å². The van der Waals surface area contributed by atoms with E-state index in [1.54, 1.807) is 12.1 Å². The van der Waals surface area contributed by atoms with E-state index >= 15 is 0 Å². The number of hydrogen-bond acceptors (Lipinski definition) is 4. The van der Waals surface area contributed by atoms with Gasteiger partial charge in [-0.3, -0.25) is 10.1 Å². The van der Waals surface area contributed by atoms with Crippen molar-refractivity contribution < 1.29 is 9.66 Å². The molecule has 18 heavy (non-hydrogen) atoms. The van der Waals surface area contributed by atoms with Gasteiger partial charge in [0.25, 0.3) is 5.69 Å². The van der Waals surface area contributed by atoms with Crippen LogP contribution in [0.1, 0.15) is 12.8 Å². The van der Waals surface area contributed by atoms with Crippen LogP contribution in [0.5, 0.6) is 0 Å². The lowest BCUT2D eigenvalue weighted by atomic mass is 10.1. The van der Waals surface area contributed by atoms with Crippen LogP contribution in [0.4, 0.5) is 11.4 Å². The first-order valence-electron chi connectivity index (χ1n) is 5.92. The van der Waals surface area contributed by atoms with Crippen LogP contribution in [0.15, 0.2) is 18.2 Å². The van der Waals surface area contributed by atoms with Crippen molar-refractivity contribution in [2.24, 2.45) is 5.92 Å². The number of nitrogens with one attached hydrogen (secondary N) is 1. The average molecular weight is 271 g/mol. The van der Waals surface area contributed by atoms with Gasteiger partial charge in [0.15, 0.2) is 0 Å². The molecule has 1 aliphatic rings. The third kappa shape index (κ3) is 3.34. The maximum Gasteiger partial charge on any atom is 0.293 e. The van der Waals surface area contributed by atoms with Crippen LogP contribution in [0.25, 0.3) is 0 Å². The minimum absolute atomic E-state index is 0.0187. The monoisotopic (exact) mass is 270 g/mol. The molecule has 1 atom stereocenters. The Kier molecular flexibility index (Phi) is 4.38. The highest BCUT2D eigenvalue weighted by molar-refractivity contribution is 6.30. The summed E-state index contributed by atoms with van der Waals surface area (Å²) in [7, 11) is 0.